The Labute approximate surface area is 124 Å². The van der Waals surface area contributed by atoms with Crippen LogP contribution in [0.5, 0.6) is 5.75 Å². The van der Waals surface area contributed by atoms with Gasteiger partial charge in [-0.2, -0.15) is 0 Å². The summed E-state index contributed by atoms with van der Waals surface area (Å²) >= 11 is 0. The van der Waals surface area contributed by atoms with Crippen LogP contribution >= 0.6 is 0 Å². The molecule has 2 heteroatoms. The lowest BCUT2D eigenvalue weighted by molar-refractivity contribution is 0.306. The first-order valence-corrected chi connectivity index (χ1v) is 8.21. The van der Waals surface area contributed by atoms with E-state index in [0.29, 0.717) is 6.04 Å². The SMILES string of the molecule is CCCCCOc1ccc(CCC(C)NCCC)cc1. The van der Waals surface area contributed by atoms with Gasteiger partial charge < -0.3 is 10.1 Å². The zero-order chi connectivity index (χ0) is 14.6. The summed E-state index contributed by atoms with van der Waals surface area (Å²) < 4.78 is 5.73. The average Bonchev–Trinajstić information content (AvgIpc) is 2.48. The minimum Gasteiger partial charge on any atom is -0.494 e. The first-order chi connectivity index (χ1) is 9.76. The molecular weight excluding hydrogens is 246 g/mol. The molecule has 0 heterocycles. The smallest absolute Gasteiger partial charge is 0.119 e. The quantitative estimate of drug-likeness (QED) is 0.598. The van der Waals surface area contributed by atoms with Crippen LogP contribution in [0.25, 0.3) is 0 Å². The minimum absolute atomic E-state index is 0.597. The highest BCUT2D eigenvalue weighted by molar-refractivity contribution is 5.27. The third-order valence-electron chi connectivity index (χ3n) is 3.55. The molecule has 114 valence electrons. The third kappa shape index (κ3) is 7.54. The van der Waals surface area contributed by atoms with Gasteiger partial charge in [0.15, 0.2) is 0 Å². The topological polar surface area (TPSA) is 21.3 Å². The van der Waals surface area contributed by atoms with Gasteiger partial charge in [-0.3, -0.25) is 0 Å². The molecule has 0 spiro atoms. The van der Waals surface area contributed by atoms with E-state index >= 15 is 0 Å². The van der Waals surface area contributed by atoms with Crippen molar-refractivity contribution in [1.82, 2.24) is 5.32 Å². The molecule has 0 saturated carbocycles. The second-order valence-electron chi connectivity index (χ2n) is 5.59. The van der Waals surface area contributed by atoms with Gasteiger partial charge in [-0.05, 0) is 56.8 Å². The minimum atomic E-state index is 0.597. The number of rotatable bonds is 11. The summed E-state index contributed by atoms with van der Waals surface area (Å²) in [5.74, 6) is 1.00. The van der Waals surface area contributed by atoms with Gasteiger partial charge in [0.1, 0.15) is 5.75 Å². The summed E-state index contributed by atoms with van der Waals surface area (Å²) in [5.41, 5.74) is 1.40. The molecular formula is C18H31NO. The van der Waals surface area contributed by atoms with Crippen molar-refractivity contribution >= 4 is 0 Å². The van der Waals surface area contributed by atoms with Gasteiger partial charge in [0.2, 0.25) is 0 Å². The number of nitrogens with one attached hydrogen (secondary N) is 1. The van der Waals surface area contributed by atoms with E-state index in [-0.39, 0.29) is 0 Å². The molecule has 0 radical (unpaired) electrons. The van der Waals surface area contributed by atoms with Crippen LogP contribution in [0.15, 0.2) is 24.3 Å². The number of unbranched alkanes of at least 4 members (excludes halogenated alkanes) is 2. The molecule has 1 aromatic rings. The van der Waals surface area contributed by atoms with Crippen LogP contribution in [0.1, 0.15) is 58.4 Å². The fourth-order valence-electron chi connectivity index (χ4n) is 2.17. The van der Waals surface area contributed by atoms with Crippen LogP contribution in [-0.2, 0) is 6.42 Å². The lowest BCUT2D eigenvalue weighted by Crippen LogP contribution is -2.27. The second kappa shape index (κ2) is 10.7. The van der Waals surface area contributed by atoms with Gasteiger partial charge in [-0.1, -0.05) is 38.8 Å². The highest BCUT2D eigenvalue weighted by Gasteiger charge is 2.02. The molecule has 1 unspecified atom stereocenters. The standard InChI is InChI=1S/C18H31NO/c1-4-6-7-15-20-18-12-10-17(11-13-18)9-8-16(3)19-14-5-2/h10-13,16,19H,4-9,14-15H2,1-3H3. The van der Waals surface area contributed by atoms with E-state index in [1.165, 1.54) is 31.2 Å². The molecule has 20 heavy (non-hydrogen) atoms. The average molecular weight is 277 g/mol. The Balaban J connectivity index is 2.24. The van der Waals surface area contributed by atoms with E-state index in [9.17, 15) is 0 Å². The number of hydrogen-bond acceptors (Lipinski definition) is 2. The molecule has 0 aromatic heterocycles. The van der Waals surface area contributed by atoms with Crippen LogP contribution in [0.2, 0.25) is 0 Å². The molecule has 2 nitrogen and oxygen atoms in total. The van der Waals surface area contributed by atoms with Gasteiger partial charge in [0, 0.05) is 6.04 Å². The Morgan fingerprint density at radius 3 is 2.45 bits per heavy atom. The van der Waals surface area contributed by atoms with Crippen LogP contribution in [0.4, 0.5) is 0 Å². The first kappa shape index (κ1) is 17.0. The predicted octanol–water partition coefficient (Wildman–Crippen LogP) is 4.58. The molecule has 0 aliphatic heterocycles. The van der Waals surface area contributed by atoms with Crippen molar-refractivity contribution in [2.24, 2.45) is 0 Å². The van der Waals surface area contributed by atoms with E-state index < -0.39 is 0 Å². The molecule has 1 atom stereocenters. The highest BCUT2D eigenvalue weighted by atomic mass is 16.5. The van der Waals surface area contributed by atoms with Gasteiger partial charge >= 0.3 is 0 Å². The summed E-state index contributed by atoms with van der Waals surface area (Å²) in [7, 11) is 0. The molecule has 0 bridgehead atoms. The first-order valence-electron chi connectivity index (χ1n) is 8.21. The van der Waals surface area contributed by atoms with E-state index in [4.69, 9.17) is 4.74 Å². The van der Waals surface area contributed by atoms with Crippen LogP contribution in [-0.4, -0.2) is 19.2 Å². The molecule has 0 aliphatic carbocycles. The van der Waals surface area contributed by atoms with Gasteiger partial charge in [-0.15, -0.1) is 0 Å². The maximum absolute atomic E-state index is 5.73. The van der Waals surface area contributed by atoms with Gasteiger partial charge in [-0.25, -0.2) is 0 Å². The third-order valence-corrected chi connectivity index (χ3v) is 3.55. The fraction of sp³-hybridized carbons (Fsp3) is 0.667. The van der Waals surface area contributed by atoms with Crippen molar-refractivity contribution in [2.45, 2.75) is 65.3 Å². The predicted molar refractivity (Wildman–Crippen MR) is 87.5 cm³/mol. The van der Waals surface area contributed by atoms with Gasteiger partial charge in [0.05, 0.1) is 6.61 Å². The fourth-order valence-corrected chi connectivity index (χ4v) is 2.17. The van der Waals surface area contributed by atoms with E-state index in [0.717, 1.165) is 31.7 Å². The number of ether oxygens (including phenoxy) is 1. The van der Waals surface area contributed by atoms with E-state index in [2.05, 4.69) is 50.4 Å². The molecule has 1 N–H and O–H groups in total. The number of benzene rings is 1. The molecule has 1 aromatic carbocycles. The van der Waals surface area contributed by atoms with Crippen molar-refractivity contribution in [1.29, 1.82) is 0 Å². The van der Waals surface area contributed by atoms with Crippen molar-refractivity contribution in [3.8, 4) is 5.75 Å². The Bertz CT molecular complexity index is 334. The number of hydrogen-bond donors (Lipinski definition) is 1. The Morgan fingerprint density at radius 2 is 1.80 bits per heavy atom. The van der Waals surface area contributed by atoms with Crippen LogP contribution < -0.4 is 10.1 Å². The molecule has 0 aliphatic rings. The normalized spacial score (nSPS) is 12.3. The molecule has 1 rings (SSSR count). The number of aryl methyl sites for hydroxylation is 1. The summed E-state index contributed by atoms with van der Waals surface area (Å²) in [6.45, 7) is 8.64. The monoisotopic (exact) mass is 277 g/mol. The lowest BCUT2D eigenvalue weighted by atomic mass is 10.1. The zero-order valence-corrected chi connectivity index (χ0v) is 13.5. The van der Waals surface area contributed by atoms with Gasteiger partial charge in [0.25, 0.3) is 0 Å². The largest absolute Gasteiger partial charge is 0.494 e. The van der Waals surface area contributed by atoms with E-state index in [1.807, 2.05) is 0 Å². The van der Waals surface area contributed by atoms with Crippen molar-refractivity contribution < 1.29 is 4.74 Å². The van der Waals surface area contributed by atoms with Crippen molar-refractivity contribution in [3.05, 3.63) is 29.8 Å². The lowest BCUT2D eigenvalue weighted by Gasteiger charge is -2.13. The van der Waals surface area contributed by atoms with Crippen LogP contribution in [0, 0.1) is 0 Å². The van der Waals surface area contributed by atoms with E-state index in [1.54, 1.807) is 0 Å². The zero-order valence-electron chi connectivity index (χ0n) is 13.5. The molecule has 0 saturated heterocycles. The van der Waals surface area contributed by atoms with Crippen molar-refractivity contribution in [2.75, 3.05) is 13.2 Å². The Hall–Kier alpha value is -1.02. The maximum atomic E-state index is 5.73. The van der Waals surface area contributed by atoms with Crippen LogP contribution in [0.3, 0.4) is 0 Å². The second-order valence-corrected chi connectivity index (χ2v) is 5.59. The van der Waals surface area contributed by atoms with Crippen molar-refractivity contribution in [3.63, 3.8) is 0 Å². The molecule has 0 fully saturated rings. The Kier molecular flexibility index (Phi) is 9.14. The maximum Gasteiger partial charge on any atom is 0.119 e. The Morgan fingerprint density at radius 1 is 1.05 bits per heavy atom. The summed E-state index contributed by atoms with van der Waals surface area (Å²) in [5, 5.41) is 3.53. The summed E-state index contributed by atoms with van der Waals surface area (Å²) in [6.07, 6.45) is 7.17. The molecule has 0 amide bonds. The summed E-state index contributed by atoms with van der Waals surface area (Å²) in [6, 6.07) is 9.19. The summed E-state index contributed by atoms with van der Waals surface area (Å²) in [4.78, 5) is 0. The highest BCUT2D eigenvalue weighted by Crippen LogP contribution is 2.14.